The molecule has 5 nitrogen and oxygen atoms in total. The van der Waals surface area contributed by atoms with Gasteiger partial charge in [0.15, 0.2) is 0 Å². The molecule has 1 amide bonds. The number of rotatable bonds is 3. The van der Waals surface area contributed by atoms with E-state index in [4.69, 9.17) is 0 Å². The highest BCUT2D eigenvalue weighted by Gasteiger charge is 2.26. The fourth-order valence-electron chi connectivity index (χ4n) is 3.19. The van der Waals surface area contributed by atoms with E-state index >= 15 is 0 Å². The number of hydrogen-bond acceptors (Lipinski definition) is 2. The number of nitrogens with zero attached hydrogens (tertiary/aromatic N) is 3. The van der Waals surface area contributed by atoms with Gasteiger partial charge in [0.25, 0.3) is 5.91 Å². The van der Waals surface area contributed by atoms with Crippen LogP contribution in [0.3, 0.4) is 0 Å². The highest BCUT2D eigenvalue weighted by Crippen LogP contribution is 2.17. The Labute approximate surface area is 137 Å². The van der Waals surface area contributed by atoms with Crippen LogP contribution in [0.5, 0.6) is 0 Å². The molecular formula is C18H25N4O+. The van der Waals surface area contributed by atoms with Crippen molar-refractivity contribution in [3.8, 4) is 5.69 Å². The maximum Gasteiger partial charge on any atom is 0.257 e. The highest BCUT2D eigenvalue weighted by molar-refractivity contribution is 5.95. The van der Waals surface area contributed by atoms with Crippen LogP contribution in [-0.4, -0.2) is 53.3 Å². The second-order valence-corrected chi connectivity index (χ2v) is 6.29. The van der Waals surface area contributed by atoms with Crippen molar-refractivity contribution in [1.29, 1.82) is 0 Å². The minimum atomic E-state index is 0.108. The lowest BCUT2D eigenvalue weighted by Crippen LogP contribution is -3.14. The Kier molecular flexibility index (Phi) is 4.48. The molecule has 122 valence electrons. The summed E-state index contributed by atoms with van der Waals surface area (Å²) in [7, 11) is 0. The Morgan fingerprint density at radius 3 is 2.65 bits per heavy atom. The third-order valence-corrected chi connectivity index (χ3v) is 4.74. The Morgan fingerprint density at radius 1 is 1.26 bits per heavy atom. The van der Waals surface area contributed by atoms with Gasteiger partial charge in [-0.3, -0.25) is 4.79 Å². The number of nitrogens with one attached hydrogen (secondary N) is 1. The molecule has 1 aromatic carbocycles. The summed E-state index contributed by atoms with van der Waals surface area (Å²) >= 11 is 0. The van der Waals surface area contributed by atoms with E-state index in [1.165, 1.54) is 5.56 Å². The SMILES string of the molecule is CC[NH+]1CCN(C(=O)c2cnn(-c3cccc(C)c3)c2C)CC1. The molecule has 1 fully saturated rings. The van der Waals surface area contributed by atoms with Crippen LogP contribution in [0.25, 0.3) is 5.69 Å². The molecule has 0 saturated carbocycles. The molecule has 2 aromatic rings. The average molecular weight is 313 g/mol. The molecule has 0 unspecified atom stereocenters. The number of benzene rings is 1. The lowest BCUT2D eigenvalue weighted by Gasteiger charge is -2.31. The number of quaternary nitrogens is 1. The summed E-state index contributed by atoms with van der Waals surface area (Å²) < 4.78 is 1.85. The van der Waals surface area contributed by atoms with Crippen molar-refractivity contribution in [3.05, 3.63) is 47.3 Å². The lowest BCUT2D eigenvalue weighted by molar-refractivity contribution is -0.902. The van der Waals surface area contributed by atoms with Crippen molar-refractivity contribution in [3.63, 3.8) is 0 Å². The topological polar surface area (TPSA) is 42.6 Å². The highest BCUT2D eigenvalue weighted by atomic mass is 16.2. The zero-order valence-electron chi connectivity index (χ0n) is 14.2. The minimum absolute atomic E-state index is 0.108. The van der Waals surface area contributed by atoms with Crippen molar-refractivity contribution in [1.82, 2.24) is 14.7 Å². The Hall–Kier alpha value is -2.14. The second kappa shape index (κ2) is 6.54. The van der Waals surface area contributed by atoms with E-state index in [1.54, 1.807) is 11.1 Å². The van der Waals surface area contributed by atoms with E-state index in [1.807, 2.05) is 28.6 Å². The molecule has 1 saturated heterocycles. The van der Waals surface area contributed by atoms with Gasteiger partial charge in [0.05, 0.1) is 55.9 Å². The van der Waals surface area contributed by atoms with Gasteiger partial charge < -0.3 is 9.80 Å². The number of likely N-dealkylation sites (N-methyl/N-ethyl adjacent to an activating group) is 1. The van der Waals surface area contributed by atoms with Crippen LogP contribution in [0, 0.1) is 13.8 Å². The molecule has 23 heavy (non-hydrogen) atoms. The summed E-state index contributed by atoms with van der Waals surface area (Å²) in [6.07, 6.45) is 1.71. The molecule has 0 radical (unpaired) electrons. The number of aryl methyl sites for hydroxylation is 1. The molecule has 1 N–H and O–H groups in total. The van der Waals surface area contributed by atoms with E-state index in [2.05, 4.69) is 31.1 Å². The minimum Gasteiger partial charge on any atom is -0.332 e. The van der Waals surface area contributed by atoms with Crippen molar-refractivity contribution in [2.45, 2.75) is 20.8 Å². The van der Waals surface area contributed by atoms with Crippen molar-refractivity contribution < 1.29 is 9.69 Å². The number of carbonyl (C=O) groups is 1. The molecule has 1 aromatic heterocycles. The van der Waals surface area contributed by atoms with Gasteiger partial charge in [0, 0.05) is 0 Å². The molecule has 3 rings (SSSR count). The number of hydrogen-bond donors (Lipinski definition) is 1. The molecule has 2 heterocycles. The lowest BCUT2D eigenvalue weighted by atomic mass is 10.2. The predicted molar refractivity (Wildman–Crippen MR) is 90.2 cm³/mol. The van der Waals surface area contributed by atoms with Crippen LogP contribution in [0.1, 0.15) is 28.5 Å². The van der Waals surface area contributed by atoms with E-state index in [0.29, 0.717) is 5.56 Å². The Bertz CT molecular complexity index is 699. The summed E-state index contributed by atoms with van der Waals surface area (Å²) in [4.78, 5) is 16.3. The number of amides is 1. The van der Waals surface area contributed by atoms with Crippen LogP contribution in [0.15, 0.2) is 30.5 Å². The van der Waals surface area contributed by atoms with Crippen LogP contribution in [-0.2, 0) is 0 Å². The van der Waals surface area contributed by atoms with Crippen molar-refractivity contribution >= 4 is 5.91 Å². The van der Waals surface area contributed by atoms with E-state index < -0.39 is 0 Å². The van der Waals surface area contributed by atoms with Crippen LogP contribution in [0.2, 0.25) is 0 Å². The first-order chi connectivity index (χ1) is 11.1. The van der Waals surface area contributed by atoms with Crippen LogP contribution < -0.4 is 4.90 Å². The standard InChI is InChI=1S/C18H24N4O/c1-4-20-8-10-21(11-9-20)18(23)17-13-19-22(15(17)3)16-7-5-6-14(2)12-16/h5-7,12-13H,4,8-11H2,1-3H3/p+1. The zero-order valence-corrected chi connectivity index (χ0v) is 14.2. The smallest absolute Gasteiger partial charge is 0.257 e. The van der Waals surface area contributed by atoms with Gasteiger partial charge in [0.1, 0.15) is 0 Å². The monoisotopic (exact) mass is 313 g/mol. The van der Waals surface area contributed by atoms with E-state index in [-0.39, 0.29) is 5.91 Å². The van der Waals surface area contributed by atoms with Gasteiger partial charge in [-0.15, -0.1) is 0 Å². The first-order valence-electron chi connectivity index (χ1n) is 8.34. The molecule has 1 aliphatic heterocycles. The second-order valence-electron chi connectivity index (χ2n) is 6.29. The summed E-state index contributed by atoms with van der Waals surface area (Å²) in [5, 5.41) is 4.44. The molecule has 5 heteroatoms. The number of piperazine rings is 1. The van der Waals surface area contributed by atoms with E-state index in [0.717, 1.165) is 44.1 Å². The van der Waals surface area contributed by atoms with Crippen LogP contribution in [0.4, 0.5) is 0 Å². The third kappa shape index (κ3) is 3.15. The molecule has 0 atom stereocenters. The van der Waals surface area contributed by atoms with Gasteiger partial charge in [-0.25, -0.2) is 4.68 Å². The fourth-order valence-corrected chi connectivity index (χ4v) is 3.19. The van der Waals surface area contributed by atoms with Gasteiger partial charge >= 0.3 is 0 Å². The van der Waals surface area contributed by atoms with Gasteiger partial charge in [-0.1, -0.05) is 12.1 Å². The molecule has 0 aliphatic carbocycles. The molecule has 0 spiro atoms. The molecular weight excluding hydrogens is 288 g/mol. The zero-order chi connectivity index (χ0) is 16.4. The average Bonchev–Trinajstić information content (AvgIpc) is 2.96. The molecule has 0 bridgehead atoms. The normalized spacial score (nSPS) is 15.9. The summed E-state index contributed by atoms with van der Waals surface area (Å²) in [6.45, 7) is 11.1. The maximum atomic E-state index is 12.8. The van der Waals surface area contributed by atoms with Crippen molar-refractivity contribution in [2.24, 2.45) is 0 Å². The third-order valence-electron chi connectivity index (χ3n) is 4.74. The quantitative estimate of drug-likeness (QED) is 0.913. The Balaban J connectivity index is 1.80. The summed E-state index contributed by atoms with van der Waals surface area (Å²) in [5.41, 5.74) is 3.81. The Morgan fingerprint density at radius 2 is 2.00 bits per heavy atom. The predicted octanol–water partition coefficient (Wildman–Crippen LogP) is 0.850. The van der Waals surface area contributed by atoms with Crippen molar-refractivity contribution in [2.75, 3.05) is 32.7 Å². The largest absolute Gasteiger partial charge is 0.332 e. The van der Waals surface area contributed by atoms with Crippen LogP contribution >= 0.6 is 0 Å². The van der Waals surface area contributed by atoms with E-state index in [9.17, 15) is 4.79 Å². The fraction of sp³-hybridized carbons (Fsp3) is 0.444. The van der Waals surface area contributed by atoms with Gasteiger partial charge in [-0.2, -0.15) is 5.10 Å². The van der Waals surface area contributed by atoms with Gasteiger partial charge in [0.2, 0.25) is 0 Å². The number of carbonyl (C=O) groups excluding carboxylic acids is 1. The van der Waals surface area contributed by atoms with Gasteiger partial charge in [-0.05, 0) is 38.5 Å². The first kappa shape index (κ1) is 15.7. The summed E-state index contributed by atoms with van der Waals surface area (Å²) in [6, 6.07) is 8.17. The maximum absolute atomic E-state index is 12.8. The number of aromatic nitrogens is 2. The molecule has 1 aliphatic rings. The first-order valence-corrected chi connectivity index (χ1v) is 8.34. The summed E-state index contributed by atoms with van der Waals surface area (Å²) in [5.74, 6) is 0.108.